The largest absolute Gasteiger partial charge is 0.481 e. The van der Waals surface area contributed by atoms with Crippen LogP contribution in [0.2, 0.25) is 0 Å². The van der Waals surface area contributed by atoms with E-state index in [9.17, 15) is 68.1 Å². The quantitative estimate of drug-likeness (QED) is 0.0390. The molecule has 26 heteroatoms. The Hall–Kier alpha value is -5.83. The van der Waals surface area contributed by atoms with Crippen molar-refractivity contribution in [3.8, 4) is 0 Å². The number of aliphatic carboxylic acids is 4. The minimum atomic E-state index is -1.48. The molecule has 460 valence electrons. The van der Waals surface area contributed by atoms with Gasteiger partial charge in [-0.15, -0.1) is 0 Å². The summed E-state index contributed by atoms with van der Waals surface area (Å²) in [7, 11) is 1.71. The molecule has 4 unspecified atom stereocenters. The van der Waals surface area contributed by atoms with E-state index in [1.54, 1.807) is 14.0 Å². The first-order valence-electron chi connectivity index (χ1n) is 28.5. The molecule has 0 spiro atoms. The lowest BCUT2D eigenvalue weighted by molar-refractivity contribution is -0.144. The van der Waals surface area contributed by atoms with Crippen LogP contribution in [0.5, 0.6) is 0 Å². The Balaban J connectivity index is 3.98. The molecule has 0 bridgehead atoms. The molecule has 0 aliphatic rings. The number of likely N-dealkylation sites (N-methyl/N-ethyl adjacent to an activating group) is 1. The average molecular weight is 1150 g/mol. The van der Waals surface area contributed by atoms with Gasteiger partial charge in [-0.2, -0.15) is 0 Å². The molecule has 0 fully saturated rings. The average Bonchev–Trinajstić information content (AvgIpc) is 3.41. The second-order valence-corrected chi connectivity index (χ2v) is 19.4. The third-order valence-electron chi connectivity index (χ3n) is 12.6. The van der Waals surface area contributed by atoms with E-state index in [0.29, 0.717) is 38.6 Å². The van der Waals surface area contributed by atoms with Crippen LogP contribution >= 0.6 is 0 Å². The van der Waals surface area contributed by atoms with Gasteiger partial charge in [0.2, 0.25) is 35.4 Å². The number of nitrogens with one attached hydrogen (secondary N) is 7. The number of rotatable bonds is 56. The van der Waals surface area contributed by atoms with Gasteiger partial charge in [-0.05, 0) is 58.4 Å². The molecule has 26 nitrogen and oxygen atoms in total. The fourth-order valence-corrected chi connectivity index (χ4v) is 7.99. The van der Waals surface area contributed by atoms with Crippen molar-refractivity contribution in [2.24, 2.45) is 0 Å². The van der Waals surface area contributed by atoms with Crippen LogP contribution in [0.1, 0.15) is 174 Å². The predicted octanol–water partition coefficient (Wildman–Crippen LogP) is 2.51. The highest BCUT2D eigenvalue weighted by atomic mass is 16.5. The Morgan fingerprint density at radius 1 is 0.350 bits per heavy atom. The Kier molecular flexibility index (Phi) is 46.5. The third-order valence-corrected chi connectivity index (χ3v) is 12.6. The first-order chi connectivity index (χ1) is 38.4. The second-order valence-electron chi connectivity index (χ2n) is 19.4. The zero-order chi connectivity index (χ0) is 59.6. The van der Waals surface area contributed by atoms with Gasteiger partial charge in [0.1, 0.15) is 37.1 Å². The topological polar surface area (TPSA) is 390 Å². The van der Waals surface area contributed by atoms with E-state index in [1.807, 2.05) is 0 Å². The molecule has 0 aromatic carbocycles. The van der Waals surface area contributed by atoms with E-state index < -0.39 is 84.6 Å². The Labute approximate surface area is 470 Å². The van der Waals surface area contributed by atoms with Crippen LogP contribution in [0.3, 0.4) is 0 Å². The van der Waals surface area contributed by atoms with Gasteiger partial charge >= 0.3 is 23.9 Å². The normalized spacial score (nSPS) is 12.5. The van der Waals surface area contributed by atoms with E-state index in [1.165, 1.54) is 32.1 Å². The molecule has 11 N–H and O–H groups in total. The molecule has 0 heterocycles. The number of carboxylic acid groups (broad SMARTS) is 4. The Morgan fingerprint density at radius 2 is 0.713 bits per heavy atom. The molecule has 0 aromatic heterocycles. The molecular weight excluding hydrogens is 1050 g/mol. The molecule has 0 radical (unpaired) electrons. The Bertz CT molecular complexity index is 1810. The lowest BCUT2D eigenvalue weighted by atomic mass is 10.0. The Morgan fingerprint density at radius 3 is 1.14 bits per heavy atom. The molecule has 0 rings (SSSR count). The number of amides is 6. The highest BCUT2D eigenvalue weighted by Crippen LogP contribution is 2.14. The fraction of sp³-hybridized carbons (Fsp3) is 0.796. The summed E-state index contributed by atoms with van der Waals surface area (Å²) < 4.78 is 21.2. The molecule has 4 atom stereocenters. The summed E-state index contributed by atoms with van der Waals surface area (Å²) >= 11 is 0. The van der Waals surface area contributed by atoms with Crippen LogP contribution in [-0.2, 0) is 71.7 Å². The summed E-state index contributed by atoms with van der Waals surface area (Å²) in [5.74, 6) is -7.79. The van der Waals surface area contributed by atoms with Crippen molar-refractivity contribution < 1.29 is 92.1 Å². The van der Waals surface area contributed by atoms with Gasteiger partial charge in [-0.1, -0.05) is 84.0 Å². The highest BCUT2D eigenvalue weighted by Gasteiger charge is 2.25. The minimum Gasteiger partial charge on any atom is -0.481 e. The van der Waals surface area contributed by atoms with Crippen LogP contribution in [0.25, 0.3) is 0 Å². The number of carbonyl (C=O) groups excluding carboxylic acids is 7. The summed E-state index contributed by atoms with van der Waals surface area (Å²) in [6.45, 7) is 2.13. The lowest BCUT2D eigenvalue weighted by Gasteiger charge is -2.17. The number of carbonyl (C=O) groups is 11. The minimum absolute atomic E-state index is 0.0417. The van der Waals surface area contributed by atoms with E-state index in [2.05, 4.69) is 37.2 Å². The van der Waals surface area contributed by atoms with Gasteiger partial charge in [0.05, 0.1) is 45.7 Å². The number of unbranched alkanes of at least 4 members (excludes halogenated alkanes) is 14. The summed E-state index contributed by atoms with van der Waals surface area (Å²) in [6, 6.07) is -4.31. The van der Waals surface area contributed by atoms with Gasteiger partial charge in [0, 0.05) is 58.2 Å². The number of ketones is 1. The number of ether oxygens (including phenoxy) is 4. The maximum atomic E-state index is 12.5. The van der Waals surface area contributed by atoms with Crippen molar-refractivity contribution in [3.63, 3.8) is 0 Å². The summed E-state index contributed by atoms with van der Waals surface area (Å²) in [5.41, 5.74) is 0. The maximum Gasteiger partial charge on any atom is 0.326 e. The van der Waals surface area contributed by atoms with Crippen LogP contribution in [-0.4, -0.2) is 189 Å². The first kappa shape index (κ1) is 74.2. The highest BCUT2D eigenvalue weighted by molar-refractivity contribution is 5.87. The van der Waals surface area contributed by atoms with E-state index in [0.717, 1.165) is 51.4 Å². The van der Waals surface area contributed by atoms with Crippen molar-refractivity contribution in [1.29, 1.82) is 0 Å². The number of hydrogen-bond acceptors (Lipinski definition) is 16. The summed E-state index contributed by atoms with van der Waals surface area (Å²) in [5, 5.41) is 55.2. The van der Waals surface area contributed by atoms with Crippen LogP contribution in [0, 0.1) is 0 Å². The molecule has 0 aliphatic heterocycles. The van der Waals surface area contributed by atoms with Crippen LogP contribution < -0.4 is 37.2 Å². The van der Waals surface area contributed by atoms with Crippen molar-refractivity contribution in [1.82, 2.24) is 37.2 Å². The van der Waals surface area contributed by atoms with Crippen molar-refractivity contribution in [2.45, 2.75) is 198 Å². The fourth-order valence-electron chi connectivity index (χ4n) is 7.99. The standard InChI is InChI=1S/C54H95N7O19/c1-3-44(62)40(55-2)20-18-19-29-56-45(63)26-23-42(53(73)74)60-48(66)28-25-43(54(75)76)61-50(68)39-80-37-35-78-33-31-58-49(67)38-79-36-34-77-32-30-57-46(64)27-24-41(52(71)72)59-47(65)21-16-14-12-10-8-6-4-5-7-9-11-13-15-17-22-51(69)70/h40-43,55H,3-39H2,1-2H3,(H,56,63)(H,57,64)(H,58,67)(H,59,65)(H,60,66)(H,61,68)(H,69,70)(H,71,72)(H,73,74)(H,75,76). The van der Waals surface area contributed by atoms with Gasteiger partial charge < -0.3 is 76.6 Å². The van der Waals surface area contributed by atoms with Crippen molar-refractivity contribution in [3.05, 3.63) is 0 Å². The van der Waals surface area contributed by atoms with Gasteiger partial charge in [-0.3, -0.25) is 38.4 Å². The van der Waals surface area contributed by atoms with E-state index >= 15 is 0 Å². The lowest BCUT2D eigenvalue weighted by Crippen LogP contribution is -2.45. The number of hydrogen-bond donors (Lipinski definition) is 11. The maximum absolute atomic E-state index is 12.5. The molecular formula is C54H95N7O19. The summed E-state index contributed by atoms with van der Waals surface area (Å²) in [6.07, 6.45) is 16.2. The van der Waals surface area contributed by atoms with Crippen molar-refractivity contribution in [2.75, 3.05) is 79.5 Å². The van der Waals surface area contributed by atoms with Gasteiger partial charge in [0.25, 0.3) is 0 Å². The number of Topliss-reactive ketones (excluding diaryl/α,β-unsaturated/α-hetero) is 1. The monoisotopic (exact) mass is 1150 g/mol. The SMILES string of the molecule is CCC(=O)C(CCCCNC(=O)CCC(NC(=O)CCC(NC(=O)COCCOCCNC(=O)COCCOCCNC(=O)CCC(NC(=O)CCCCCCCCCCCCCCCCC(=O)O)C(=O)O)C(=O)O)C(=O)O)NC. The van der Waals surface area contributed by atoms with Gasteiger partial charge in [0.15, 0.2) is 0 Å². The molecule has 0 saturated carbocycles. The summed E-state index contributed by atoms with van der Waals surface area (Å²) in [4.78, 5) is 131. The molecule has 0 aromatic rings. The van der Waals surface area contributed by atoms with Crippen LogP contribution in [0.4, 0.5) is 0 Å². The predicted molar refractivity (Wildman–Crippen MR) is 292 cm³/mol. The van der Waals surface area contributed by atoms with Crippen molar-refractivity contribution >= 4 is 65.1 Å². The number of carboxylic acids is 4. The first-order valence-corrected chi connectivity index (χ1v) is 28.5. The van der Waals surface area contributed by atoms with E-state index in [-0.39, 0.29) is 122 Å². The zero-order valence-electron chi connectivity index (χ0n) is 47.4. The van der Waals surface area contributed by atoms with Gasteiger partial charge in [-0.25, -0.2) is 14.4 Å². The molecule has 80 heavy (non-hydrogen) atoms. The molecule has 0 aliphatic carbocycles. The second kappa shape index (κ2) is 50.2. The third kappa shape index (κ3) is 45.0. The zero-order valence-corrected chi connectivity index (χ0v) is 47.4. The molecule has 6 amide bonds. The van der Waals surface area contributed by atoms with Crippen LogP contribution in [0.15, 0.2) is 0 Å². The molecule has 0 saturated heterocycles. The van der Waals surface area contributed by atoms with E-state index in [4.69, 9.17) is 24.1 Å². The smallest absolute Gasteiger partial charge is 0.326 e.